The van der Waals surface area contributed by atoms with Gasteiger partial charge in [-0.25, -0.2) is 9.18 Å². The Morgan fingerprint density at radius 3 is 2.56 bits per heavy atom. The molecule has 2 N–H and O–H groups in total. The maximum Gasteiger partial charge on any atom is 0.318 e. The average molecular weight is 438 g/mol. The number of nitrogens with zero attached hydrogens (tertiary/aromatic N) is 1. The molecule has 1 aliphatic rings. The topological polar surface area (TPSA) is 74.4 Å². The average Bonchev–Trinajstić information content (AvgIpc) is 2.80. The zero-order chi connectivity index (χ0) is 22.5. The molecule has 1 saturated carbocycles. The first-order valence-electron chi connectivity index (χ1n) is 11.0. The summed E-state index contributed by atoms with van der Waals surface area (Å²) < 4.78 is 18.6. The number of benzene rings is 2. The van der Waals surface area contributed by atoms with Crippen LogP contribution in [0.2, 0.25) is 0 Å². The number of ether oxygens (including phenoxy) is 1. The molecule has 2 amide bonds. The van der Waals surface area contributed by atoms with Gasteiger partial charge in [-0.2, -0.15) is 0 Å². The first-order valence-corrected chi connectivity index (χ1v) is 11.0. The number of pyridine rings is 1. The quantitative estimate of drug-likeness (QED) is 0.586. The molecule has 1 aromatic heterocycles. The second-order valence-corrected chi connectivity index (χ2v) is 8.34. The Labute approximate surface area is 186 Å². The van der Waals surface area contributed by atoms with Crippen molar-refractivity contribution in [2.45, 2.75) is 51.2 Å². The number of aromatic nitrogens is 1. The van der Waals surface area contributed by atoms with E-state index in [0.717, 1.165) is 36.6 Å². The molecule has 0 radical (unpaired) electrons. The maximum absolute atomic E-state index is 13.4. The van der Waals surface area contributed by atoms with Crippen LogP contribution in [0.1, 0.15) is 43.2 Å². The molecule has 4 rings (SSSR count). The van der Waals surface area contributed by atoms with Crippen LogP contribution in [0.5, 0.6) is 5.75 Å². The molecule has 0 aliphatic heterocycles. The lowest BCUT2D eigenvalue weighted by Gasteiger charge is -2.28. The molecule has 6 nitrogen and oxygen atoms in total. The number of amides is 2. The van der Waals surface area contributed by atoms with Crippen LogP contribution >= 0.6 is 0 Å². The molecule has 1 fully saturated rings. The molecule has 32 heavy (non-hydrogen) atoms. The van der Waals surface area contributed by atoms with Crippen molar-refractivity contribution in [3.63, 3.8) is 0 Å². The van der Waals surface area contributed by atoms with E-state index in [-0.39, 0.29) is 36.5 Å². The summed E-state index contributed by atoms with van der Waals surface area (Å²) in [4.78, 5) is 30.4. The first kappa shape index (κ1) is 21.9. The second kappa shape index (κ2) is 9.85. The van der Waals surface area contributed by atoms with Crippen molar-refractivity contribution in [3.05, 3.63) is 75.8 Å². The summed E-state index contributed by atoms with van der Waals surface area (Å²) >= 11 is 0. The van der Waals surface area contributed by atoms with Gasteiger partial charge in [0.2, 0.25) is 0 Å². The van der Waals surface area contributed by atoms with Crippen LogP contribution in [0.15, 0.2) is 53.3 Å². The minimum Gasteiger partial charge on any atom is -0.497 e. The highest BCUT2D eigenvalue weighted by Gasteiger charge is 2.21. The van der Waals surface area contributed by atoms with E-state index in [0.29, 0.717) is 16.8 Å². The van der Waals surface area contributed by atoms with Crippen molar-refractivity contribution in [2.75, 3.05) is 7.11 Å². The Bertz CT molecular complexity index is 1140. The lowest BCUT2D eigenvalue weighted by Crippen LogP contribution is -2.45. The van der Waals surface area contributed by atoms with Gasteiger partial charge in [0.25, 0.3) is 5.56 Å². The molecule has 3 aromatic rings. The van der Waals surface area contributed by atoms with Crippen LogP contribution in [-0.4, -0.2) is 29.1 Å². The Balaban J connectivity index is 1.61. The number of H-pyrrole nitrogens is 1. The Hall–Kier alpha value is -3.35. The van der Waals surface area contributed by atoms with E-state index in [1.54, 1.807) is 42.3 Å². The molecule has 1 aliphatic carbocycles. The number of hydrogen-bond donors (Lipinski definition) is 2. The zero-order valence-corrected chi connectivity index (χ0v) is 18.2. The fourth-order valence-corrected chi connectivity index (χ4v) is 4.20. The van der Waals surface area contributed by atoms with Crippen LogP contribution < -0.4 is 15.6 Å². The summed E-state index contributed by atoms with van der Waals surface area (Å²) in [6, 6.07) is 13.2. The van der Waals surface area contributed by atoms with Gasteiger partial charge in [-0.15, -0.1) is 0 Å². The van der Waals surface area contributed by atoms with Gasteiger partial charge in [0, 0.05) is 29.1 Å². The molecule has 0 bridgehead atoms. The Morgan fingerprint density at radius 2 is 1.84 bits per heavy atom. The molecule has 7 heteroatoms. The zero-order valence-electron chi connectivity index (χ0n) is 18.2. The number of carbonyl (C=O) groups is 1. The highest BCUT2D eigenvalue weighted by atomic mass is 19.1. The number of urea groups is 1. The van der Waals surface area contributed by atoms with Crippen molar-refractivity contribution in [3.8, 4) is 5.75 Å². The second-order valence-electron chi connectivity index (χ2n) is 8.34. The van der Waals surface area contributed by atoms with Gasteiger partial charge < -0.3 is 19.9 Å². The lowest BCUT2D eigenvalue weighted by atomic mass is 9.96. The summed E-state index contributed by atoms with van der Waals surface area (Å²) in [6.45, 7) is 0.410. The van der Waals surface area contributed by atoms with Crippen LogP contribution in [-0.2, 0) is 13.1 Å². The fraction of sp³-hybridized carbons (Fsp3) is 0.360. The van der Waals surface area contributed by atoms with Crippen molar-refractivity contribution in [1.29, 1.82) is 0 Å². The number of halogens is 1. The molecule has 0 spiro atoms. The predicted molar refractivity (Wildman–Crippen MR) is 122 cm³/mol. The van der Waals surface area contributed by atoms with E-state index in [1.165, 1.54) is 18.6 Å². The number of rotatable bonds is 6. The monoisotopic (exact) mass is 437 g/mol. The van der Waals surface area contributed by atoms with Crippen molar-refractivity contribution >= 4 is 16.9 Å². The van der Waals surface area contributed by atoms with Crippen LogP contribution in [0, 0.1) is 5.82 Å². The molecule has 0 atom stereocenters. The van der Waals surface area contributed by atoms with E-state index < -0.39 is 0 Å². The predicted octanol–water partition coefficient (Wildman–Crippen LogP) is 4.72. The van der Waals surface area contributed by atoms with Gasteiger partial charge >= 0.3 is 6.03 Å². The summed E-state index contributed by atoms with van der Waals surface area (Å²) in [5, 5.41) is 3.95. The number of aromatic amines is 1. The van der Waals surface area contributed by atoms with Gasteiger partial charge in [-0.3, -0.25) is 4.79 Å². The number of nitrogens with one attached hydrogen (secondary N) is 2. The highest BCUT2D eigenvalue weighted by Crippen LogP contribution is 2.21. The summed E-state index contributed by atoms with van der Waals surface area (Å²) in [5.41, 5.74) is 1.74. The van der Waals surface area contributed by atoms with E-state index >= 15 is 0 Å². The van der Waals surface area contributed by atoms with E-state index in [2.05, 4.69) is 10.3 Å². The van der Waals surface area contributed by atoms with Crippen LogP contribution in [0.4, 0.5) is 9.18 Å². The fourth-order valence-electron chi connectivity index (χ4n) is 4.20. The molecule has 1 heterocycles. The Morgan fingerprint density at radius 1 is 1.09 bits per heavy atom. The SMILES string of the molecule is COc1ccc2[nH]c(=O)c(CN(Cc3ccc(F)cc3)C(=O)NC3CCCCC3)cc2c1. The number of carbonyl (C=O) groups excluding carboxylic acids is 1. The molecular formula is C25H28FN3O3. The molecule has 0 saturated heterocycles. The van der Waals surface area contributed by atoms with Crippen molar-refractivity contribution < 1.29 is 13.9 Å². The van der Waals surface area contributed by atoms with Gasteiger partial charge in [0.05, 0.1) is 13.7 Å². The minimum absolute atomic E-state index is 0.137. The smallest absolute Gasteiger partial charge is 0.318 e. The van der Waals surface area contributed by atoms with Crippen molar-refractivity contribution in [2.24, 2.45) is 0 Å². The Kier molecular flexibility index (Phi) is 6.73. The van der Waals surface area contributed by atoms with Gasteiger partial charge in [-0.05, 0) is 54.8 Å². The third-order valence-electron chi connectivity index (χ3n) is 6.00. The van der Waals surface area contributed by atoms with Gasteiger partial charge in [0.15, 0.2) is 0 Å². The summed E-state index contributed by atoms with van der Waals surface area (Å²) in [6.07, 6.45) is 5.34. The van der Waals surface area contributed by atoms with Gasteiger partial charge in [-0.1, -0.05) is 31.4 Å². The summed E-state index contributed by atoms with van der Waals surface area (Å²) in [7, 11) is 1.59. The molecule has 0 unspecified atom stereocenters. The third-order valence-corrected chi connectivity index (χ3v) is 6.00. The number of fused-ring (bicyclic) bond motifs is 1. The standard InChI is InChI=1S/C25H28FN3O3/c1-32-22-11-12-23-18(14-22)13-19(24(30)28-23)16-29(15-17-7-9-20(26)10-8-17)25(31)27-21-5-3-2-4-6-21/h7-14,21H,2-6,15-16H2,1H3,(H,27,31)(H,28,30). The molecule has 168 valence electrons. The third kappa shape index (κ3) is 5.28. The highest BCUT2D eigenvalue weighted by molar-refractivity contribution is 5.81. The van der Waals surface area contributed by atoms with Crippen molar-refractivity contribution in [1.82, 2.24) is 15.2 Å². The van der Waals surface area contributed by atoms with Crippen LogP contribution in [0.25, 0.3) is 10.9 Å². The lowest BCUT2D eigenvalue weighted by molar-refractivity contribution is 0.184. The largest absolute Gasteiger partial charge is 0.497 e. The molecular weight excluding hydrogens is 409 g/mol. The van der Waals surface area contributed by atoms with E-state index in [1.807, 2.05) is 6.07 Å². The normalized spacial score (nSPS) is 14.3. The number of methoxy groups -OCH3 is 1. The number of hydrogen-bond acceptors (Lipinski definition) is 3. The van der Waals surface area contributed by atoms with Crippen LogP contribution in [0.3, 0.4) is 0 Å². The minimum atomic E-state index is -0.327. The van der Waals surface area contributed by atoms with Gasteiger partial charge in [0.1, 0.15) is 11.6 Å². The maximum atomic E-state index is 13.4. The molecule has 2 aromatic carbocycles. The summed E-state index contributed by atoms with van der Waals surface area (Å²) in [5.74, 6) is 0.362. The first-order chi connectivity index (χ1) is 15.5. The van der Waals surface area contributed by atoms with E-state index in [4.69, 9.17) is 4.74 Å². The van der Waals surface area contributed by atoms with E-state index in [9.17, 15) is 14.0 Å².